The third kappa shape index (κ3) is 5.05. The van der Waals surface area contributed by atoms with E-state index in [0.29, 0.717) is 0 Å². The molecule has 0 radical (unpaired) electrons. The molecule has 24 heavy (non-hydrogen) atoms. The molecule has 0 saturated carbocycles. The van der Waals surface area contributed by atoms with Gasteiger partial charge in [-0.3, -0.25) is 0 Å². The second kappa shape index (κ2) is 8.44. The summed E-state index contributed by atoms with van der Waals surface area (Å²) in [6, 6.07) is 10.4. The molecular weight excluding hydrogens is 334 g/mol. The molecule has 1 amide bonds. The summed E-state index contributed by atoms with van der Waals surface area (Å²) in [6.07, 6.45) is -3.31. The van der Waals surface area contributed by atoms with Crippen molar-refractivity contribution in [3.8, 4) is 0 Å². The average Bonchev–Trinajstić information content (AvgIpc) is 3.08. The van der Waals surface area contributed by atoms with Crippen LogP contribution in [0.15, 0.2) is 41.8 Å². The Bertz CT molecular complexity index is 687. The maximum absolute atomic E-state index is 11.6. The maximum Gasteiger partial charge on any atom is 0.407 e. The van der Waals surface area contributed by atoms with Gasteiger partial charge in [0.1, 0.15) is 23.7 Å². The molecule has 2 rings (SSSR count). The fourth-order valence-corrected chi connectivity index (χ4v) is 2.69. The number of ether oxygens (including phenoxy) is 1. The van der Waals surface area contributed by atoms with Crippen LogP contribution in [0.2, 0.25) is 0 Å². The van der Waals surface area contributed by atoms with Crippen molar-refractivity contribution < 1.29 is 29.6 Å². The Kier molecular flexibility index (Phi) is 6.30. The zero-order chi connectivity index (χ0) is 17.5. The number of aliphatic hydroxyl groups excluding tert-OH is 2. The third-order valence-corrected chi connectivity index (χ3v) is 4.14. The molecule has 0 fully saturated rings. The molecule has 2 aromatic rings. The summed E-state index contributed by atoms with van der Waals surface area (Å²) < 4.78 is 4.98. The number of carboxylic acids is 1. The van der Waals surface area contributed by atoms with E-state index in [4.69, 9.17) is 9.84 Å². The van der Waals surface area contributed by atoms with Crippen molar-refractivity contribution in [3.63, 3.8) is 0 Å². The second-order valence-electron chi connectivity index (χ2n) is 5.00. The molecule has 0 spiro atoms. The number of alkyl carbamates (subject to hydrolysis) is 1. The molecule has 2 atom stereocenters. The van der Waals surface area contributed by atoms with Crippen LogP contribution in [0.5, 0.6) is 0 Å². The van der Waals surface area contributed by atoms with Gasteiger partial charge in [0, 0.05) is 6.54 Å². The van der Waals surface area contributed by atoms with Crippen LogP contribution < -0.4 is 5.32 Å². The Balaban J connectivity index is 1.77. The molecular formula is C16H17NO6S. The van der Waals surface area contributed by atoms with Gasteiger partial charge in [-0.1, -0.05) is 30.3 Å². The van der Waals surface area contributed by atoms with Crippen LogP contribution in [0.4, 0.5) is 4.79 Å². The summed E-state index contributed by atoms with van der Waals surface area (Å²) in [4.78, 5) is 22.4. The number of carbonyl (C=O) groups is 2. The van der Waals surface area contributed by atoms with E-state index in [1.807, 2.05) is 30.3 Å². The van der Waals surface area contributed by atoms with Crippen molar-refractivity contribution in [1.29, 1.82) is 0 Å². The van der Waals surface area contributed by atoms with Gasteiger partial charge < -0.3 is 25.4 Å². The van der Waals surface area contributed by atoms with E-state index in [2.05, 4.69) is 5.32 Å². The summed E-state index contributed by atoms with van der Waals surface area (Å²) in [6.45, 7) is -0.134. The monoisotopic (exact) mass is 351 g/mol. The first-order valence-corrected chi connectivity index (χ1v) is 7.97. The molecule has 128 valence electrons. The topological polar surface area (TPSA) is 116 Å². The zero-order valence-corrected chi connectivity index (χ0v) is 13.4. The van der Waals surface area contributed by atoms with Gasteiger partial charge in [-0.05, 0) is 22.6 Å². The normalized spacial score (nSPS) is 13.1. The average molecular weight is 351 g/mol. The Morgan fingerprint density at radius 3 is 2.54 bits per heavy atom. The Morgan fingerprint density at radius 1 is 1.21 bits per heavy atom. The quantitative estimate of drug-likeness (QED) is 0.604. The highest BCUT2D eigenvalue weighted by molar-refractivity contribution is 7.12. The highest BCUT2D eigenvalue weighted by atomic mass is 32.1. The number of carbonyl (C=O) groups excluding carboxylic acids is 1. The highest BCUT2D eigenvalue weighted by Gasteiger charge is 2.21. The number of aliphatic hydroxyl groups is 2. The molecule has 1 aromatic carbocycles. The van der Waals surface area contributed by atoms with Crippen molar-refractivity contribution in [3.05, 3.63) is 57.8 Å². The van der Waals surface area contributed by atoms with Gasteiger partial charge in [0.2, 0.25) is 0 Å². The lowest BCUT2D eigenvalue weighted by Gasteiger charge is -2.17. The van der Waals surface area contributed by atoms with Crippen LogP contribution in [-0.4, -0.2) is 40.0 Å². The molecule has 1 aromatic heterocycles. The number of benzene rings is 1. The van der Waals surface area contributed by atoms with Crippen LogP contribution in [-0.2, 0) is 11.3 Å². The molecule has 7 nitrogen and oxygen atoms in total. The lowest BCUT2D eigenvalue weighted by atomic mass is 10.1. The van der Waals surface area contributed by atoms with Crippen molar-refractivity contribution in [1.82, 2.24) is 5.32 Å². The van der Waals surface area contributed by atoms with Crippen molar-refractivity contribution in [2.45, 2.75) is 18.8 Å². The number of nitrogens with one attached hydrogen (secondary N) is 1. The van der Waals surface area contributed by atoms with Crippen molar-refractivity contribution in [2.24, 2.45) is 0 Å². The van der Waals surface area contributed by atoms with Crippen molar-refractivity contribution in [2.75, 3.05) is 6.54 Å². The number of thiophene rings is 1. The van der Waals surface area contributed by atoms with E-state index in [-0.39, 0.29) is 23.6 Å². The molecule has 0 bridgehead atoms. The van der Waals surface area contributed by atoms with Gasteiger partial charge in [0.15, 0.2) is 0 Å². The number of hydrogen-bond acceptors (Lipinski definition) is 6. The van der Waals surface area contributed by atoms with Gasteiger partial charge in [0.05, 0.1) is 0 Å². The minimum absolute atomic E-state index is 0.0616. The first-order chi connectivity index (χ1) is 11.5. The Hall–Kier alpha value is -2.42. The number of rotatable bonds is 7. The summed E-state index contributed by atoms with van der Waals surface area (Å²) in [7, 11) is 0. The number of hydrogen-bond donors (Lipinski definition) is 4. The smallest absolute Gasteiger partial charge is 0.407 e. The molecule has 0 saturated heterocycles. The summed E-state index contributed by atoms with van der Waals surface area (Å²) in [5.41, 5.74) is 1.11. The van der Waals surface area contributed by atoms with E-state index in [1.54, 1.807) is 0 Å². The molecule has 0 aliphatic heterocycles. The van der Waals surface area contributed by atoms with Crippen LogP contribution >= 0.6 is 11.3 Å². The molecule has 2 unspecified atom stereocenters. The lowest BCUT2D eigenvalue weighted by Crippen LogP contribution is -2.35. The molecule has 0 aliphatic carbocycles. The van der Waals surface area contributed by atoms with Gasteiger partial charge >= 0.3 is 12.1 Å². The summed E-state index contributed by atoms with van der Waals surface area (Å²) in [5, 5.41) is 32.5. The predicted molar refractivity (Wildman–Crippen MR) is 86.9 cm³/mol. The molecule has 8 heteroatoms. The van der Waals surface area contributed by atoms with E-state index in [9.17, 15) is 19.8 Å². The first kappa shape index (κ1) is 17.9. The minimum atomic E-state index is -1.30. The summed E-state index contributed by atoms with van der Waals surface area (Å²) >= 11 is 0.951. The maximum atomic E-state index is 11.6. The third-order valence-electron chi connectivity index (χ3n) is 3.20. The fourth-order valence-electron chi connectivity index (χ4n) is 1.91. The van der Waals surface area contributed by atoms with Crippen LogP contribution in [0.1, 0.15) is 26.9 Å². The van der Waals surface area contributed by atoms with Crippen LogP contribution in [0.25, 0.3) is 0 Å². The standard InChI is InChI=1S/C16H17NO6S/c18-12(14(19)11-6-13(15(20)21)24-9-11)7-17-16(22)23-8-10-4-2-1-3-5-10/h1-6,9,12,14,18-19H,7-8H2,(H,17,22)(H,20,21). The van der Waals surface area contributed by atoms with Crippen LogP contribution in [0, 0.1) is 0 Å². The largest absolute Gasteiger partial charge is 0.477 e. The van der Waals surface area contributed by atoms with E-state index >= 15 is 0 Å². The van der Waals surface area contributed by atoms with Gasteiger partial charge in [0.25, 0.3) is 0 Å². The highest BCUT2D eigenvalue weighted by Crippen LogP contribution is 2.23. The number of aromatic carboxylic acids is 1. The Labute approximate surface area is 142 Å². The predicted octanol–water partition coefficient (Wildman–Crippen LogP) is 1.77. The van der Waals surface area contributed by atoms with E-state index < -0.39 is 24.3 Å². The molecule has 1 heterocycles. The van der Waals surface area contributed by atoms with Gasteiger partial charge in [-0.25, -0.2) is 9.59 Å². The lowest BCUT2D eigenvalue weighted by molar-refractivity contribution is 0.0186. The summed E-state index contributed by atoms with van der Waals surface area (Å²) in [5.74, 6) is -1.10. The fraction of sp³-hybridized carbons (Fsp3) is 0.250. The first-order valence-electron chi connectivity index (χ1n) is 7.09. The minimum Gasteiger partial charge on any atom is -0.477 e. The van der Waals surface area contributed by atoms with E-state index in [1.165, 1.54) is 11.4 Å². The van der Waals surface area contributed by atoms with Gasteiger partial charge in [-0.2, -0.15) is 0 Å². The van der Waals surface area contributed by atoms with Crippen molar-refractivity contribution >= 4 is 23.4 Å². The zero-order valence-electron chi connectivity index (χ0n) is 12.6. The SMILES string of the molecule is O=C(NCC(O)C(O)c1csc(C(=O)O)c1)OCc1ccccc1. The molecule has 0 aliphatic rings. The number of carboxylic acid groups (broad SMARTS) is 1. The second-order valence-corrected chi connectivity index (χ2v) is 5.92. The number of amides is 1. The molecule has 4 N–H and O–H groups in total. The van der Waals surface area contributed by atoms with E-state index in [0.717, 1.165) is 16.9 Å². The van der Waals surface area contributed by atoms with Crippen LogP contribution in [0.3, 0.4) is 0 Å². The Morgan fingerprint density at radius 2 is 1.92 bits per heavy atom. The van der Waals surface area contributed by atoms with Gasteiger partial charge in [-0.15, -0.1) is 11.3 Å².